The first-order valence-electron chi connectivity index (χ1n) is 8.29. The smallest absolute Gasteiger partial charge is 0.255 e. The molecule has 0 spiro atoms. The van der Waals surface area contributed by atoms with Gasteiger partial charge in [-0.25, -0.2) is 13.8 Å². The second kappa shape index (κ2) is 6.76. The van der Waals surface area contributed by atoms with Crippen LogP contribution in [-0.4, -0.2) is 26.4 Å². The Morgan fingerprint density at radius 2 is 2.08 bits per heavy atom. The van der Waals surface area contributed by atoms with Gasteiger partial charge in [0.1, 0.15) is 5.82 Å². The highest BCUT2D eigenvalue weighted by molar-refractivity contribution is 5.53. The minimum atomic E-state index is -0.861. The van der Waals surface area contributed by atoms with Crippen molar-refractivity contribution in [2.45, 2.75) is 19.5 Å². The van der Waals surface area contributed by atoms with Crippen LogP contribution in [-0.2, 0) is 19.5 Å². The van der Waals surface area contributed by atoms with Gasteiger partial charge in [0.2, 0.25) is 0 Å². The van der Waals surface area contributed by atoms with E-state index in [0.717, 1.165) is 17.3 Å². The monoisotopic (exact) mass is 354 g/mol. The van der Waals surface area contributed by atoms with Gasteiger partial charge in [-0.1, -0.05) is 6.07 Å². The average Bonchev–Trinajstić information content (AvgIpc) is 2.66. The van der Waals surface area contributed by atoms with Gasteiger partial charge < -0.3 is 4.98 Å². The number of nitrogens with zero attached hydrogens (tertiary/aromatic N) is 3. The summed E-state index contributed by atoms with van der Waals surface area (Å²) in [6, 6.07) is 7.51. The maximum Gasteiger partial charge on any atom is 0.255 e. The highest BCUT2D eigenvalue weighted by atomic mass is 19.2. The Balaban J connectivity index is 1.57. The standard InChI is InChI=1S/C19H16F2N4O/c20-15-4-3-12(8-16(15)21)10-25-7-5-17-14(11-25)19(26)24-18(23-17)13-2-1-6-22-9-13/h1-4,6,8-9H,5,7,10-11H2,(H,23,24,26). The number of hydrogen-bond donors (Lipinski definition) is 1. The molecule has 0 saturated carbocycles. The van der Waals surface area contributed by atoms with Crippen LogP contribution in [0.4, 0.5) is 8.78 Å². The topological polar surface area (TPSA) is 61.9 Å². The summed E-state index contributed by atoms with van der Waals surface area (Å²) in [7, 11) is 0. The Labute approximate surface area is 148 Å². The molecule has 0 aliphatic carbocycles. The summed E-state index contributed by atoms with van der Waals surface area (Å²) < 4.78 is 26.4. The maximum atomic E-state index is 13.4. The van der Waals surface area contributed by atoms with E-state index in [9.17, 15) is 13.6 Å². The Hall–Kier alpha value is -2.93. The lowest BCUT2D eigenvalue weighted by atomic mass is 10.1. The molecule has 1 aromatic carbocycles. The molecule has 0 amide bonds. The number of aromatic nitrogens is 3. The number of nitrogens with one attached hydrogen (secondary N) is 1. The minimum Gasteiger partial charge on any atom is -0.306 e. The molecule has 26 heavy (non-hydrogen) atoms. The van der Waals surface area contributed by atoms with Gasteiger partial charge >= 0.3 is 0 Å². The van der Waals surface area contributed by atoms with Gasteiger partial charge in [-0.2, -0.15) is 0 Å². The summed E-state index contributed by atoms with van der Waals surface area (Å²) in [6.07, 6.45) is 3.94. The molecule has 132 valence electrons. The average molecular weight is 354 g/mol. The quantitative estimate of drug-likeness (QED) is 0.786. The van der Waals surface area contributed by atoms with E-state index >= 15 is 0 Å². The summed E-state index contributed by atoms with van der Waals surface area (Å²) in [4.78, 5) is 26.0. The first-order valence-corrected chi connectivity index (χ1v) is 8.29. The predicted molar refractivity (Wildman–Crippen MR) is 92.3 cm³/mol. The van der Waals surface area contributed by atoms with E-state index in [0.29, 0.717) is 43.0 Å². The molecule has 0 bridgehead atoms. The molecule has 3 aromatic rings. The van der Waals surface area contributed by atoms with E-state index < -0.39 is 11.6 Å². The largest absolute Gasteiger partial charge is 0.306 e. The summed E-state index contributed by atoms with van der Waals surface area (Å²) in [5.41, 5.74) is 2.64. The lowest BCUT2D eigenvalue weighted by molar-refractivity contribution is 0.241. The molecule has 5 nitrogen and oxygen atoms in total. The molecule has 1 aliphatic rings. The number of fused-ring (bicyclic) bond motifs is 1. The summed E-state index contributed by atoms with van der Waals surface area (Å²) in [6.45, 7) is 1.55. The van der Waals surface area contributed by atoms with Crippen molar-refractivity contribution in [2.24, 2.45) is 0 Å². The van der Waals surface area contributed by atoms with Crippen LogP contribution in [0.15, 0.2) is 47.5 Å². The van der Waals surface area contributed by atoms with E-state index in [1.807, 2.05) is 11.0 Å². The molecule has 0 atom stereocenters. The van der Waals surface area contributed by atoms with Gasteiger partial charge in [0.15, 0.2) is 11.6 Å². The maximum absolute atomic E-state index is 13.4. The Morgan fingerprint density at radius 1 is 1.19 bits per heavy atom. The zero-order valence-corrected chi connectivity index (χ0v) is 13.9. The van der Waals surface area contributed by atoms with Crippen LogP contribution < -0.4 is 5.56 Å². The van der Waals surface area contributed by atoms with E-state index in [-0.39, 0.29) is 5.56 Å². The molecular weight excluding hydrogens is 338 g/mol. The van der Waals surface area contributed by atoms with Crippen LogP contribution in [0.25, 0.3) is 11.4 Å². The third-order valence-electron chi connectivity index (χ3n) is 4.47. The van der Waals surface area contributed by atoms with E-state index in [4.69, 9.17) is 0 Å². The van der Waals surface area contributed by atoms with Crippen LogP contribution in [0.3, 0.4) is 0 Å². The van der Waals surface area contributed by atoms with Crippen LogP contribution in [0.2, 0.25) is 0 Å². The zero-order valence-electron chi connectivity index (χ0n) is 13.9. The van der Waals surface area contributed by atoms with Crippen molar-refractivity contribution in [3.63, 3.8) is 0 Å². The third kappa shape index (κ3) is 3.25. The second-order valence-corrected chi connectivity index (χ2v) is 6.29. The highest BCUT2D eigenvalue weighted by Crippen LogP contribution is 2.20. The third-order valence-corrected chi connectivity index (χ3v) is 4.47. The molecule has 1 aliphatic heterocycles. The Bertz CT molecular complexity index is 1000. The molecule has 4 rings (SSSR count). The number of hydrogen-bond acceptors (Lipinski definition) is 4. The highest BCUT2D eigenvalue weighted by Gasteiger charge is 2.22. The Morgan fingerprint density at radius 3 is 2.85 bits per heavy atom. The normalized spacial score (nSPS) is 14.2. The van der Waals surface area contributed by atoms with Crippen molar-refractivity contribution in [2.75, 3.05) is 6.54 Å². The molecule has 3 heterocycles. The number of halogens is 2. The lowest BCUT2D eigenvalue weighted by Crippen LogP contribution is -2.35. The Kier molecular flexibility index (Phi) is 4.30. The number of H-pyrrole nitrogens is 1. The SMILES string of the molecule is O=c1[nH]c(-c2cccnc2)nc2c1CN(Cc1ccc(F)c(F)c1)CC2. The van der Waals surface area contributed by atoms with Gasteiger partial charge in [-0.15, -0.1) is 0 Å². The number of aromatic amines is 1. The van der Waals surface area contributed by atoms with E-state index in [2.05, 4.69) is 15.0 Å². The van der Waals surface area contributed by atoms with Crippen LogP contribution in [0.1, 0.15) is 16.8 Å². The molecule has 7 heteroatoms. The van der Waals surface area contributed by atoms with E-state index in [1.54, 1.807) is 24.5 Å². The van der Waals surface area contributed by atoms with Crippen molar-refractivity contribution in [3.05, 3.63) is 81.5 Å². The number of pyridine rings is 1. The number of benzene rings is 1. The zero-order chi connectivity index (χ0) is 18.1. The fourth-order valence-electron chi connectivity index (χ4n) is 3.15. The van der Waals surface area contributed by atoms with Gasteiger partial charge in [0.25, 0.3) is 5.56 Å². The predicted octanol–water partition coefficient (Wildman–Crippen LogP) is 2.67. The van der Waals surface area contributed by atoms with Crippen LogP contribution in [0.5, 0.6) is 0 Å². The van der Waals surface area contributed by atoms with Gasteiger partial charge in [0, 0.05) is 44.0 Å². The lowest BCUT2D eigenvalue weighted by Gasteiger charge is -2.27. The van der Waals surface area contributed by atoms with Crippen LogP contribution >= 0.6 is 0 Å². The molecule has 0 radical (unpaired) electrons. The van der Waals surface area contributed by atoms with Crippen LogP contribution in [0, 0.1) is 11.6 Å². The molecule has 0 unspecified atom stereocenters. The van der Waals surface area contributed by atoms with E-state index in [1.165, 1.54) is 6.07 Å². The minimum absolute atomic E-state index is 0.177. The van der Waals surface area contributed by atoms with Gasteiger partial charge in [-0.3, -0.25) is 14.7 Å². The second-order valence-electron chi connectivity index (χ2n) is 6.29. The number of rotatable bonds is 3. The summed E-state index contributed by atoms with van der Waals surface area (Å²) in [5.74, 6) is -1.21. The van der Waals surface area contributed by atoms with Gasteiger partial charge in [0.05, 0.1) is 11.3 Å². The fourth-order valence-corrected chi connectivity index (χ4v) is 3.15. The van der Waals surface area contributed by atoms with Crippen molar-refractivity contribution in [3.8, 4) is 11.4 Å². The fraction of sp³-hybridized carbons (Fsp3) is 0.211. The molecular formula is C19H16F2N4O. The first kappa shape index (κ1) is 16.5. The molecule has 0 fully saturated rings. The molecule has 1 N–H and O–H groups in total. The van der Waals surface area contributed by atoms with Crippen molar-refractivity contribution in [1.82, 2.24) is 19.9 Å². The van der Waals surface area contributed by atoms with Crippen molar-refractivity contribution < 1.29 is 8.78 Å². The summed E-state index contributed by atoms with van der Waals surface area (Å²) in [5, 5.41) is 0. The first-order chi connectivity index (χ1) is 12.6. The summed E-state index contributed by atoms with van der Waals surface area (Å²) >= 11 is 0. The molecule has 2 aromatic heterocycles. The molecule has 0 saturated heterocycles. The van der Waals surface area contributed by atoms with Crippen molar-refractivity contribution in [1.29, 1.82) is 0 Å². The van der Waals surface area contributed by atoms with Gasteiger partial charge in [-0.05, 0) is 29.8 Å². The van der Waals surface area contributed by atoms with Crippen molar-refractivity contribution >= 4 is 0 Å².